The number of halogens is 2. The van der Waals surface area contributed by atoms with E-state index in [-0.39, 0.29) is 42.7 Å². The van der Waals surface area contributed by atoms with Gasteiger partial charge in [0.2, 0.25) is 5.69 Å². The van der Waals surface area contributed by atoms with Gasteiger partial charge in [-0.15, -0.1) is 29.1 Å². The molecule has 392 valence electrons. The largest absolute Gasteiger partial charge is 2.00 e. The molecule has 3 heterocycles. The number of para-hydroxylation sites is 4. The van der Waals surface area contributed by atoms with Gasteiger partial charge in [-0.3, -0.25) is 0 Å². The van der Waals surface area contributed by atoms with Crippen LogP contribution in [0.5, 0.6) is 11.5 Å². The maximum absolute atomic E-state index is 15.2. The van der Waals surface area contributed by atoms with E-state index in [1.807, 2.05) is 82.1 Å². The quantitative estimate of drug-likeness (QED) is 0.112. The Morgan fingerprint density at radius 1 is 0.500 bits per heavy atom. The van der Waals surface area contributed by atoms with E-state index in [1.165, 1.54) is 34.4 Å². The van der Waals surface area contributed by atoms with Gasteiger partial charge in [0.15, 0.2) is 0 Å². The van der Waals surface area contributed by atoms with Gasteiger partial charge in [0, 0.05) is 41.4 Å². The Balaban J connectivity index is 0.00000688. The first kappa shape index (κ1) is 53.8. The summed E-state index contributed by atoms with van der Waals surface area (Å²) in [6.45, 7) is 27.2. The standard InChI is InChI=1S/C70H64F2N4O.Pt/c1-67(2,3)47-31-32-73-64(39-47)76-60-26-17-16-23-56(60)57-30-29-52(42-63(57)76)77-53-36-46(65-58(69(7,8)9)37-48(68(4,5)6)38-59(65)70(10,11)12)35-51(41-53)74-43-75(62-28-19-18-27-61(62)74)66-54(44-21-14-13-15-22-44)24-20-25-55(66)45-33-49(71)40-50(72)34-45;/h13-40H,1-12H3;/q;+2. The predicted molar refractivity (Wildman–Crippen MR) is 315 cm³/mol. The molecule has 78 heavy (non-hydrogen) atoms. The van der Waals surface area contributed by atoms with Gasteiger partial charge >= 0.3 is 27.1 Å². The van der Waals surface area contributed by atoms with E-state index in [0.29, 0.717) is 28.3 Å². The molecule has 0 amide bonds. The van der Waals surface area contributed by atoms with Crippen LogP contribution in [0.25, 0.3) is 61.0 Å². The van der Waals surface area contributed by atoms with Crippen LogP contribution in [0.1, 0.15) is 105 Å². The maximum Gasteiger partial charge on any atom is 2.00 e. The summed E-state index contributed by atoms with van der Waals surface area (Å²) in [5.74, 6) is 0.495. The molecule has 0 saturated carbocycles. The zero-order chi connectivity index (χ0) is 54.3. The van der Waals surface area contributed by atoms with Crippen molar-refractivity contribution in [3.05, 3.63) is 216 Å². The summed E-state index contributed by atoms with van der Waals surface area (Å²) in [4.78, 5) is 4.93. The molecule has 0 saturated heterocycles. The summed E-state index contributed by atoms with van der Waals surface area (Å²) < 4.78 is 43.8. The minimum Gasteiger partial charge on any atom is -0.509 e. The van der Waals surface area contributed by atoms with Gasteiger partial charge in [-0.2, -0.15) is 6.07 Å². The second-order valence-electron chi connectivity index (χ2n) is 24.5. The van der Waals surface area contributed by atoms with Gasteiger partial charge in [-0.25, -0.2) is 13.8 Å². The SMILES string of the molecule is CC(C)(C)c1ccnc(-n2c3[c-]c(Oc4[c-]c([N+]5=C=[N+](c6c(-c7ccccc7)cccc6-c6cc(F)cc(F)c6)c6ccccc65)cc(-c5c(C(C)(C)C)cc(C(C)(C)C)cc5C(C)(C)C)c4)ccc3c3ccccc32)c1.[Pt+2]. The van der Waals surface area contributed by atoms with Gasteiger partial charge < -0.3 is 9.30 Å². The maximum atomic E-state index is 15.2. The minimum absolute atomic E-state index is 0. The van der Waals surface area contributed by atoms with Crippen LogP contribution < -0.4 is 13.9 Å². The molecule has 0 N–H and O–H groups in total. The summed E-state index contributed by atoms with van der Waals surface area (Å²) in [5.41, 5.74) is 14.1. The normalized spacial score (nSPS) is 12.8. The average Bonchev–Trinajstić information content (AvgIpc) is 4.07. The Bertz CT molecular complexity index is 4010. The van der Waals surface area contributed by atoms with Crippen molar-refractivity contribution in [2.75, 3.05) is 0 Å². The monoisotopic (exact) mass is 1210 g/mol. The Hall–Kier alpha value is -7.56. The fourth-order valence-electron chi connectivity index (χ4n) is 10.7. The minimum atomic E-state index is -0.657. The Labute approximate surface area is 472 Å². The third kappa shape index (κ3) is 10.1. The Morgan fingerprint density at radius 3 is 1.74 bits per heavy atom. The second-order valence-corrected chi connectivity index (χ2v) is 24.5. The van der Waals surface area contributed by atoms with Crippen LogP contribution in [0.2, 0.25) is 0 Å². The van der Waals surface area contributed by atoms with Crippen molar-refractivity contribution in [1.29, 1.82) is 0 Å². The van der Waals surface area contributed by atoms with E-state index in [2.05, 4.69) is 185 Å². The third-order valence-electron chi connectivity index (χ3n) is 14.7. The first-order valence-electron chi connectivity index (χ1n) is 26.5. The molecule has 1 aliphatic heterocycles. The van der Waals surface area contributed by atoms with Crippen LogP contribution in [0.15, 0.2) is 170 Å². The van der Waals surface area contributed by atoms with Crippen molar-refractivity contribution in [2.45, 2.75) is 105 Å². The van der Waals surface area contributed by atoms with Gasteiger partial charge in [-0.1, -0.05) is 184 Å². The molecular formula is C70H64F2N4OPt+2. The van der Waals surface area contributed by atoms with E-state index in [0.717, 1.165) is 73.0 Å². The van der Waals surface area contributed by atoms with Crippen LogP contribution in [-0.4, -0.2) is 15.6 Å². The van der Waals surface area contributed by atoms with E-state index in [4.69, 9.17) is 9.72 Å². The zero-order valence-corrected chi connectivity index (χ0v) is 48.7. The van der Waals surface area contributed by atoms with Crippen LogP contribution in [-0.2, 0) is 42.7 Å². The molecule has 0 spiro atoms. The first-order valence-corrected chi connectivity index (χ1v) is 26.5. The van der Waals surface area contributed by atoms with E-state index >= 15 is 8.78 Å². The van der Waals surface area contributed by atoms with Gasteiger partial charge in [0.1, 0.15) is 23.1 Å². The number of nitrogens with zero attached hydrogens (tertiary/aromatic N) is 4. The molecule has 5 nitrogen and oxygen atoms in total. The molecule has 0 bridgehead atoms. The summed E-state index contributed by atoms with van der Waals surface area (Å²) in [6, 6.07) is 64.9. The molecule has 0 aliphatic carbocycles. The Morgan fingerprint density at radius 2 is 1.10 bits per heavy atom. The summed E-state index contributed by atoms with van der Waals surface area (Å²) >= 11 is 0. The molecular weight excluding hydrogens is 1150 g/mol. The zero-order valence-electron chi connectivity index (χ0n) is 46.4. The predicted octanol–water partition coefficient (Wildman–Crippen LogP) is 18.9. The van der Waals surface area contributed by atoms with Crippen molar-refractivity contribution in [3.8, 4) is 50.7 Å². The molecule has 0 unspecified atom stereocenters. The average molecular weight is 1210 g/mol. The van der Waals surface area contributed by atoms with Crippen LogP contribution in [0.4, 0.5) is 31.5 Å². The number of hydrogen-bond donors (Lipinski definition) is 0. The fraction of sp³-hybridized carbons (Fsp3) is 0.229. The van der Waals surface area contributed by atoms with Crippen molar-refractivity contribution < 1.29 is 34.6 Å². The molecule has 0 fully saturated rings. The number of rotatable bonds is 8. The molecule has 0 atom stereocenters. The fourth-order valence-corrected chi connectivity index (χ4v) is 10.7. The topological polar surface area (TPSA) is 33.1 Å². The molecule has 10 aromatic rings. The van der Waals surface area contributed by atoms with Gasteiger partial charge in [0.05, 0.1) is 11.1 Å². The molecule has 0 radical (unpaired) electrons. The van der Waals surface area contributed by atoms with E-state index < -0.39 is 11.6 Å². The number of pyridine rings is 1. The molecule has 1 aliphatic rings. The summed E-state index contributed by atoms with van der Waals surface area (Å²) in [6.07, 6.45) is 1.89. The number of fused-ring (bicyclic) bond motifs is 4. The Kier molecular flexibility index (Phi) is 13.8. The first-order chi connectivity index (χ1) is 36.5. The smallest absolute Gasteiger partial charge is 0.509 e. The van der Waals surface area contributed by atoms with E-state index in [1.54, 1.807) is 0 Å². The number of ether oxygens (including phenoxy) is 1. The molecule has 11 rings (SSSR count). The summed E-state index contributed by atoms with van der Waals surface area (Å²) in [7, 11) is 0. The van der Waals surface area contributed by atoms with Crippen molar-refractivity contribution in [2.24, 2.45) is 0 Å². The number of aromatic nitrogens is 2. The van der Waals surface area contributed by atoms with Crippen molar-refractivity contribution >= 4 is 50.6 Å². The third-order valence-corrected chi connectivity index (χ3v) is 14.7. The van der Waals surface area contributed by atoms with Crippen molar-refractivity contribution in [3.63, 3.8) is 0 Å². The number of hydrogen-bond acceptors (Lipinski definition) is 2. The van der Waals surface area contributed by atoms with Crippen LogP contribution >= 0.6 is 0 Å². The second kappa shape index (κ2) is 20.0. The molecule has 8 heteroatoms. The number of benzene rings is 8. The molecule has 2 aromatic heterocycles. The van der Waals surface area contributed by atoms with Crippen molar-refractivity contribution in [1.82, 2.24) is 18.7 Å². The summed E-state index contributed by atoms with van der Waals surface area (Å²) in [5, 5.41) is 2.13. The van der Waals surface area contributed by atoms with Crippen LogP contribution in [0, 0.1) is 23.8 Å². The van der Waals surface area contributed by atoms with Crippen LogP contribution in [0.3, 0.4) is 0 Å². The van der Waals surface area contributed by atoms with Gasteiger partial charge in [-0.05, 0) is 113 Å². The van der Waals surface area contributed by atoms with E-state index in [9.17, 15) is 0 Å². The van der Waals surface area contributed by atoms with Gasteiger partial charge in [0.25, 0.3) is 11.4 Å². The molecule has 8 aromatic carbocycles.